The molecule has 1 aliphatic rings. The predicted molar refractivity (Wildman–Crippen MR) is 99.0 cm³/mol. The molecule has 1 aliphatic heterocycles. The Balaban J connectivity index is 2.17. The van der Waals surface area contributed by atoms with Crippen LogP contribution in [0.5, 0.6) is 0 Å². The Bertz CT molecular complexity index is 663. The van der Waals surface area contributed by atoms with E-state index in [1.54, 1.807) is 6.08 Å². The molecule has 23 heavy (non-hydrogen) atoms. The molecule has 1 saturated heterocycles. The Morgan fingerprint density at radius 2 is 1.91 bits per heavy atom. The third-order valence-electron chi connectivity index (χ3n) is 3.26. The normalized spacial score (nSPS) is 19.9. The van der Waals surface area contributed by atoms with Gasteiger partial charge in [0.05, 0.1) is 4.24 Å². The van der Waals surface area contributed by atoms with Crippen molar-refractivity contribution in [2.75, 3.05) is 24.7 Å². The van der Waals surface area contributed by atoms with E-state index in [1.165, 1.54) is 29.6 Å². The monoisotopic (exact) mass is 349 g/mol. The topological polar surface area (TPSA) is 57.6 Å². The summed E-state index contributed by atoms with van der Waals surface area (Å²) < 4.78 is 0.614. The molecule has 0 aliphatic carbocycles. The average molecular weight is 349 g/mol. The fraction of sp³-hybridized carbons (Fsp3) is 0.294. The molecule has 1 fully saturated rings. The number of hydrogen-bond acceptors (Lipinski definition) is 5. The van der Waals surface area contributed by atoms with E-state index >= 15 is 0 Å². The maximum atomic E-state index is 12.3. The van der Waals surface area contributed by atoms with Crippen molar-refractivity contribution in [3.8, 4) is 0 Å². The molecule has 4 nitrogen and oxygen atoms in total. The minimum absolute atomic E-state index is 0.120. The van der Waals surface area contributed by atoms with Gasteiger partial charge in [0.2, 0.25) is 0 Å². The van der Waals surface area contributed by atoms with Crippen LogP contribution in [0.2, 0.25) is 0 Å². The summed E-state index contributed by atoms with van der Waals surface area (Å²) in [4.78, 5) is 25.7. The van der Waals surface area contributed by atoms with Gasteiger partial charge in [-0.2, -0.15) is 0 Å². The highest BCUT2D eigenvalue weighted by atomic mass is 32.2. The summed E-state index contributed by atoms with van der Waals surface area (Å²) in [5, 5.41) is 9.67. The number of rotatable bonds is 5. The molecule has 0 bridgehead atoms. The van der Waals surface area contributed by atoms with E-state index < -0.39 is 11.8 Å². The SMILES string of the molecule is C[C@@H]1CS/C(=C(\C(=O)O)C(=O)/C=C/c2ccc(N(C)C)cc2)S1. The highest BCUT2D eigenvalue weighted by Crippen LogP contribution is 2.43. The van der Waals surface area contributed by atoms with Crippen LogP contribution in [-0.4, -0.2) is 42.0 Å². The van der Waals surface area contributed by atoms with Gasteiger partial charge in [0, 0.05) is 30.8 Å². The number of carbonyl (C=O) groups is 2. The van der Waals surface area contributed by atoms with Gasteiger partial charge in [-0.05, 0) is 23.8 Å². The minimum atomic E-state index is -1.16. The van der Waals surface area contributed by atoms with Gasteiger partial charge in [-0.3, -0.25) is 4.79 Å². The average Bonchev–Trinajstić information content (AvgIpc) is 2.91. The summed E-state index contributed by atoms with van der Waals surface area (Å²) in [6.45, 7) is 2.02. The molecule has 1 atom stereocenters. The lowest BCUT2D eigenvalue weighted by molar-refractivity contribution is -0.134. The fourth-order valence-corrected chi connectivity index (χ4v) is 4.84. The number of hydrogen-bond donors (Lipinski definition) is 1. The Labute approximate surface area is 144 Å². The maximum absolute atomic E-state index is 12.3. The molecule has 0 aromatic heterocycles. The van der Waals surface area contributed by atoms with Crippen molar-refractivity contribution in [1.29, 1.82) is 0 Å². The first-order valence-corrected chi connectivity index (χ1v) is 9.02. The Kier molecular flexibility index (Phi) is 5.96. The summed E-state index contributed by atoms with van der Waals surface area (Å²) >= 11 is 2.90. The smallest absolute Gasteiger partial charge is 0.341 e. The van der Waals surface area contributed by atoms with Crippen LogP contribution in [0.1, 0.15) is 12.5 Å². The van der Waals surface area contributed by atoms with Crippen LogP contribution >= 0.6 is 23.5 Å². The Morgan fingerprint density at radius 3 is 2.39 bits per heavy atom. The maximum Gasteiger partial charge on any atom is 0.341 e. The van der Waals surface area contributed by atoms with E-state index in [0.29, 0.717) is 9.49 Å². The molecule has 122 valence electrons. The summed E-state index contributed by atoms with van der Waals surface area (Å²) in [5.74, 6) is -0.787. The first-order valence-electron chi connectivity index (χ1n) is 7.15. The number of carbonyl (C=O) groups excluding carboxylic acids is 1. The van der Waals surface area contributed by atoms with E-state index in [0.717, 1.165) is 17.0 Å². The minimum Gasteiger partial charge on any atom is -0.477 e. The Morgan fingerprint density at radius 1 is 1.26 bits per heavy atom. The van der Waals surface area contributed by atoms with Crippen LogP contribution in [0.15, 0.2) is 40.2 Å². The molecule has 1 heterocycles. The lowest BCUT2D eigenvalue weighted by Crippen LogP contribution is -2.11. The summed E-state index contributed by atoms with van der Waals surface area (Å²) in [6.07, 6.45) is 2.99. The van der Waals surface area contributed by atoms with Crippen LogP contribution < -0.4 is 4.90 Å². The fourth-order valence-electron chi connectivity index (χ4n) is 2.01. The summed E-state index contributed by atoms with van der Waals surface area (Å²) in [6, 6.07) is 7.69. The van der Waals surface area contributed by atoms with Crippen LogP contribution in [0.3, 0.4) is 0 Å². The lowest BCUT2D eigenvalue weighted by atomic mass is 10.1. The van der Waals surface area contributed by atoms with Gasteiger partial charge in [0.1, 0.15) is 5.57 Å². The van der Waals surface area contributed by atoms with Gasteiger partial charge >= 0.3 is 5.97 Å². The van der Waals surface area contributed by atoms with Gasteiger partial charge in [0.15, 0.2) is 5.78 Å². The lowest BCUT2D eigenvalue weighted by Gasteiger charge is -2.11. The standard InChI is InChI=1S/C17H19NO3S2/c1-11-10-22-17(23-11)15(16(20)21)14(19)9-6-12-4-7-13(8-5-12)18(2)3/h4-9,11H,10H2,1-3H3,(H,20,21)/b9-6+,17-15+/t11-/m1/s1. The van der Waals surface area contributed by atoms with Gasteiger partial charge in [-0.25, -0.2) is 4.79 Å². The van der Waals surface area contributed by atoms with Crippen LogP contribution in [0.4, 0.5) is 5.69 Å². The van der Waals surface area contributed by atoms with Crippen molar-refractivity contribution >= 4 is 47.0 Å². The number of anilines is 1. The molecule has 2 rings (SSSR count). The van der Waals surface area contributed by atoms with E-state index in [1.807, 2.05) is 50.2 Å². The van der Waals surface area contributed by atoms with E-state index in [-0.39, 0.29) is 5.57 Å². The highest BCUT2D eigenvalue weighted by molar-refractivity contribution is 8.25. The van der Waals surface area contributed by atoms with Gasteiger partial charge in [-0.1, -0.05) is 25.1 Å². The first-order chi connectivity index (χ1) is 10.9. The van der Waals surface area contributed by atoms with Crippen molar-refractivity contribution in [2.45, 2.75) is 12.2 Å². The zero-order valence-corrected chi connectivity index (χ0v) is 14.9. The zero-order valence-electron chi connectivity index (χ0n) is 13.3. The molecule has 0 amide bonds. The molecule has 1 aromatic carbocycles. The number of allylic oxidation sites excluding steroid dienone is 1. The summed E-state index contributed by atoms with van der Waals surface area (Å²) in [5.41, 5.74) is 1.80. The molecule has 0 radical (unpaired) electrons. The van der Waals surface area contributed by atoms with E-state index in [2.05, 4.69) is 0 Å². The summed E-state index contributed by atoms with van der Waals surface area (Å²) in [7, 11) is 3.91. The highest BCUT2D eigenvalue weighted by Gasteiger charge is 2.27. The molecular weight excluding hydrogens is 330 g/mol. The molecule has 0 saturated carbocycles. The van der Waals surface area contributed by atoms with E-state index in [4.69, 9.17) is 0 Å². The number of carboxylic acid groups (broad SMARTS) is 1. The predicted octanol–water partition coefficient (Wildman–Crippen LogP) is 3.50. The molecule has 1 aromatic rings. The largest absolute Gasteiger partial charge is 0.477 e. The number of thioether (sulfide) groups is 2. The second-order valence-electron chi connectivity index (χ2n) is 5.39. The zero-order chi connectivity index (χ0) is 17.0. The molecule has 6 heteroatoms. The molecule has 0 unspecified atom stereocenters. The van der Waals surface area contributed by atoms with Crippen molar-refractivity contribution in [3.63, 3.8) is 0 Å². The third-order valence-corrected chi connectivity index (χ3v) is 6.23. The van der Waals surface area contributed by atoms with Crippen LogP contribution in [0.25, 0.3) is 6.08 Å². The molecular formula is C17H19NO3S2. The van der Waals surface area contributed by atoms with Crippen LogP contribution in [0, 0.1) is 0 Å². The van der Waals surface area contributed by atoms with Crippen molar-refractivity contribution < 1.29 is 14.7 Å². The Hall–Kier alpha value is -1.66. The quantitative estimate of drug-likeness (QED) is 0.499. The number of benzene rings is 1. The number of ketones is 1. The van der Waals surface area contributed by atoms with Crippen LogP contribution in [-0.2, 0) is 9.59 Å². The first kappa shape index (κ1) is 17.7. The number of nitrogens with zero attached hydrogens (tertiary/aromatic N) is 1. The third kappa shape index (κ3) is 4.65. The molecule has 0 spiro atoms. The van der Waals surface area contributed by atoms with Crippen molar-refractivity contribution in [1.82, 2.24) is 0 Å². The number of carboxylic acids is 1. The second-order valence-corrected chi connectivity index (χ2v) is 8.13. The van der Waals surface area contributed by atoms with Gasteiger partial charge in [-0.15, -0.1) is 23.5 Å². The van der Waals surface area contributed by atoms with Gasteiger partial charge in [0.25, 0.3) is 0 Å². The van der Waals surface area contributed by atoms with Crippen molar-refractivity contribution in [3.05, 3.63) is 45.7 Å². The van der Waals surface area contributed by atoms with E-state index in [9.17, 15) is 14.7 Å². The number of aliphatic carboxylic acids is 1. The second kappa shape index (κ2) is 7.75. The van der Waals surface area contributed by atoms with Gasteiger partial charge < -0.3 is 10.0 Å². The van der Waals surface area contributed by atoms with Crippen molar-refractivity contribution in [2.24, 2.45) is 0 Å². The molecule has 1 N–H and O–H groups in total.